The molecule has 0 unspecified atom stereocenters. The fraction of sp³-hybridized carbons (Fsp3) is 0.200. The van der Waals surface area contributed by atoms with Crippen molar-refractivity contribution in [2.75, 3.05) is 28.0 Å². The fourth-order valence-electron chi connectivity index (χ4n) is 3.19. The molecule has 0 radical (unpaired) electrons. The van der Waals surface area contributed by atoms with Crippen molar-refractivity contribution in [1.29, 1.82) is 0 Å². The molecule has 1 fully saturated rings. The number of nitrogens with one attached hydrogen (secondary N) is 2. The zero-order valence-corrected chi connectivity index (χ0v) is 16.7. The minimum atomic E-state index is -4.04. The molecule has 0 spiro atoms. The van der Waals surface area contributed by atoms with Crippen molar-refractivity contribution in [2.45, 2.75) is 17.7 Å². The molecule has 1 aromatic heterocycles. The zero-order chi connectivity index (χ0) is 21.1. The van der Waals surface area contributed by atoms with Crippen molar-refractivity contribution < 1.29 is 17.2 Å². The van der Waals surface area contributed by atoms with Crippen LogP contribution in [-0.2, 0) is 10.0 Å². The lowest BCUT2D eigenvalue weighted by Gasteiger charge is -2.17. The second kappa shape index (κ2) is 8.23. The lowest BCUT2D eigenvalue weighted by molar-refractivity contribution is 0.504. The molecule has 1 aliphatic heterocycles. The first kappa shape index (κ1) is 20.0. The van der Waals surface area contributed by atoms with Gasteiger partial charge in [-0.2, -0.15) is 5.10 Å². The average Bonchev–Trinajstić information content (AvgIpc) is 3.26. The van der Waals surface area contributed by atoms with Crippen molar-refractivity contribution in [3.63, 3.8) is 0 Å². The third kappa shape index (κ3) is 4.48. The maximum atomic E-state index is 13.3. The van der Waals surface area contributed by atoms with Crippen molar-refractivity contribution in [1.82, 2.24) is 10.2 Å². The predicted molar refractivity (Wildman–Crippen MR) is 110 cm³/mol. The first-order chi connectivity index (χ1) is 14.4. The summed E-state index contributed by atoms with van der Waals surface area (Å²) in [6.45, 7) is 2.00. The third-order valence-electron chi connectivity index (χ3n) is 4.72. The normalized spacial score (nSPS) is 14.0. The smallest absolute Gasteiger partial charge is 0.261 e. The number of nitrogens with zero attached hydrogens (tertiary/aromatic N) is 3. The maximum absolute atomic E-state index is 13.3. The van der Waals surface area contributed by atoms with Gasteiger partial charge in [0.1, 0.15) is 0 Å². The summed E-state index contributed by atoms with van der Waals surface area (Å²) in [6, 6.07) is 10.8. The number of sulfonamides is 1. The molecule has 0 saturated carbocycles. The highest BCUT2D eigenvalue weighted by Gasteiger charge is 2.17. The van der Waals surface area contributed by atoms with Crippen LogP contribution in [0.2, 0.25) is 0 Å². The Balaban J connectivity index is 1.45. The van der Waals surface area contributed by atoms with Crippen LogP contribution in [0.4, 0.5) is 31.7 Å². The first-order valence-corrected chi connectivity index (χ1v) is 10.8. The molecule has 3 aromatic rings. The standard InChI is InChI=1S/C20H19F2N5O2S/c21-18-8-7-17(12-19(18)22)30(28,29)26-15-5-3-14(4-6-15)24-20-11-16(13-23-25-20)27-9-1-2-10-27/h3-8,11-13,26H,1-2,9-10H2,(H,24,25). The van der Waals surface area contributed by atoms with Gasteiger partial charge in [0.15, 0.2) is 17.5 Å². The summed E-state index contributed by atoms with van der Waals surface area (Å²) >= 11 is 0. The van der Waals surface area contributed by atoms with Crippen LogP contribution < -0.4 is 14.9 Å². The van der Waals surface area contributed by atoms with Gasteiger partial charge in [-0.3, -0.25) is 4.72 Å². The monoisotopic (exact) mass is 431 g/mol. The van der Waals surface area contributed by atoms with E-state index in [0.717, 1.165) is 43.8 Å². The first-order valence-electron chi connectivity index (χ1n) is 9.33. The van der Waals surface area contributed by atoms with Gasteiger partial charge in [0.05, 0.1) is 16.8 Å². The van der Waals surface area contributed by atoms with E-state index in [1.165, 1.54) is 0 Å². The largest absolute Gasteiger partial charge is 0.370 e. The van der Waals surface area contributed by atoms with Crippen molar-refractivity contribution in [3.8, 4) is 0 Å². The Bertz CT molecular complexity index is 1150. The van der Waals surface area contributed by atoms with E-state index in [0.29, 0.717) is 17.6 Å². The highest BCUT2D eigenvalue weighted by atomic mass is 32.2. The topological polar surface area (TPSA) is 87.2 Å². The minimum absolute atomic E-state index is 0.280. The molecule has 0 bridgehead atoms. The Labute approximate surface area is 172 Å². The molecular formula is C20H19F2N5O2S. The summed E-state index contributed by atoms with van der Waals surface area (Å²) in [5.74, 6) is -1.76. The van der Waals surface area contributed by atoms with Gasteiger partial charge in [0, 0.05) is 30.5 Å². The van der Waals surface area contributed by atoms with Crippen LogP contribution in [0.3, 0.4) is 0 Å². The van der Waals surface area contributed by atoms with Crippen molar-refractivity contribution in [2.24, 2.45) is 0 Å². The number of halogens is 2. The van der Waals surface area contributed by atoms with Gasteiger partial charge in [-0.25, -0.2) is 17.2 Å². The van der Waals surface area contributed by atoms with Gasteiger partial charge in [0.2, 0.25) is 0 Å². The number of hydrogen-bond donors (Lipinski definition) is 2. The predicted octanol–water partition coefficient (Wildman–Crippen LogP) is 3.90. The molecule has 4 rings (SSSR count). The van der Waals surface area contributed by atoms with Gasteiger partial charge in [-0.1, -0.05) is 0 Å². The van der Waals surface area contributed by atoms with E-state index in [-0.39, 0.29) is 10.6 Å². The molecule has 2 heterocycles. The Kier molecular flexibility index (Phi) is 5.49. The average molecular weight is 431 g/mol. The van der Waals surface area contributed by atoms with Crippen LogP contribution in [0.25, 0.3) is 0 Å². The number of anilines is 4. The lowest BCUT2D eigenvalue weighted by atomic mass is 10.3. The van der Waals surface area contributed by atoms with Crippen LogP contribution in [0, 0.1) is 11.6 Å². The third-order valence-corrected chi connectivity index (χ3v) is 6.10. The van der Waals surface area contributed by atoms with Crippen molar-refractivity contribution >= 4 is 32.9 Å². The van der Waals surface area contributed by atoms with Gasteiger partial charge >= 0.3 is 0 Å². The molecule has 2 aromatic carbocycles. The second-order valence-corrected chi connectivity index (χ2v) is 8.56. The Morgan fingerprint density at radius 2 is 1.60 bits per heavy atom. The molecule has 156 valence electrons. The second-order valence-electron chi connectivity index (χ2n) is 6.88. The molecular weight excluding hydrogens is 412 g/mol. The highest BCUT2D eigenvalue weighted by molar-refractivity contribution is 7.92. The van der Waals surface area contributed by atoms with Crippen LogP contribution in [0.15, 0.2) is 59.6 Å². The summed E-state index contributed by atoms with van der Waals surface area (Å²) in [7, 11) is -4.04. The fourth-order valence-corrected chi connectivity index (χ4v) is 4.26. The maximum Gasteiger partial charge on any atom is 0.261 e. The number of hydrogen-bond acceptors (Lipinski definition) is 6. The van der Waals surface area contributed by atoms with E-state index in [1.54, 1.807) is 30.5 Å². The summed E-state index contributed by atoms with van der Waals surface area (Å²) in [4.78, 5) is 1.88. The van der Waals surface area contributed by atoms with Crippen LogP contribution >= 0.6 is 0 Å². The zero-order valence-electron chi connectivity index (χ0n) is 15.8. The van der Waals surface area contributed by atoms with E-state index in [9.17, 15) is 17.2 Å². The summed E-state index contributed by atoms with van der Waals surface area (Å²) in [5.41, 5.74) is 1.97. The number of aromatic nitrogens is 2. The van der Waals surface area contributed by atoms with Crippen LogP contribution in [0.1, 0.15) is 12.8 Å². The molecule has 0 atom stereocenters. The minimum Gasteiger partial charge on any atom is -0.370 e. The Hall–Kier alpha value is -3.27. The van der Waals surface area contributed by atoms with Gasteiger partial charge in [-0.05, 0) is 55.3 Å². The van der Waals surface area contributed by atoms with Gasteiger partial charge in [0.25, 0.3) is 10.0 Å². The molecule has 1 aliphatic rings. The van der Waals surface area contributed by atoms with Crippen LogP contribution in [0.5, 0.6) is 0 Å². The number of benzene rings is 2. The molecule has 0 aliphatic carbocycles. The van der Waals surface area contributed by atoms with Crippen molar-refractivity contribution in [3.05, 3.63) is 66.4 Å². The van der Waals surface area contributed by atoms with E-state index < -0.39 is 21.7 Å². The van der Waals surface area contributed by atoms with Gasteiger partial charge in [-0.15, -0.1) is 5.10 Å². The molecule has 10 heteroatoms. The van der Waals surface area contributed by atoms with E-state index in [2.05, 4.69) is 25.1 Å². The lowest BCUT2D eigenvalue weighted by Crippen LogP contribution is -2.18. The molecule has 7 nitrogen and oxygen atoms in total. The SMILES string of the molecule is O=S(=O)(Nc1ccc(Nc2cc(N3CCCC3)cnn2)cc1)c1ccc(F)c(F)c1. The summed E-state index contributed by atoms with van der Waals surface area (Å²) < 4.78 is 53.5. The Morgan fingerprint density at radius 3 is 2.30 bits per heavy atom. The van der Waals surface area contributed by atoms with E-state index >= 15 is 0 Å². The molecule has 30 heavy (non-hydrogen) atoms. The Morgan fingerprint density at radius 1 is 0.900 bits per heavy atom. The molecule has 1 saturated heterocycles. The molecule has 2 N–H and O–H groups in total. The number of rotatable bonds is 6. The van der Waals surface area contributed by atoms with Crippen LogP contribution in [-0.4, -0.2) is 31.7 Å². The van der Waals surface area contributed by atoms with E-state index in [4.69, 9.17) is 0 Å². The molecule has 0 amide bonds. The summed E-state index contributed by atoms with van der Waals surface area (Å²) in [5, 5.41) is 11.2. The summed E-state index contributed by atoms with van der Waals surface area (Å²) in [6.07, 6.45) is 4.05. The van der Waals surface area contributed by atoms with E-state index in [1.807, 2.05) is 6.07 Å². The highest BCUT2D eigenvalue weighted by Crippen LogP contribution is 2.24. The van der Waals surface area contributed by atoms with Gasteiger partial charge < -0.3 is 10.2 Å². The quantitative estimate of drug-likeness (QED) is 0.616.